The SMILES string of the molecule is Clc1ccc(SCCOc2ccccc2C=NNc2cc(N3CCCC3)nc(N3CCCC3)n2)cc1. The summed E-state index contributed by atoms with van der Waals surface area (Å²) in [5.74, 6) is 4.12. The highest BCUT2D eigenvalue weighted by molar-refractivity contribution is 7.99. The number of ether oxygens (including phenoxy) is 1. The molecule has 0 aliphatic carbocycles. The summed E-state index contributed by atoms with van der Waals surface area (Å²) in [6, 6.07) is 17.8. The summed E-state index contributed by atoms with van der Waals surface area (Å²) in [6.07, 6.45) is 6.58. The summed E-state index contributed by atoms with van der Waals surface area (Å²) in [6.45, 7) is 4.69. The van der Waals surface area contributed by atoms with E-state index in [-0.39, 0.29) is 0 Å². The maximum atomic E-state index is 6.05. The zero-order valence-corrected chi connectivity index (χ0v) is 21.8. The van der Waals surface area contributed by atoms with Crippen LogP contribution in [0.15, 0.2) is 64.6 Å². The van der Waals surface area contributed by atoms with Gasteiger partial charge in [-0.15, -0.1) is 11.8 Å². The Bertz CT molecular complexity index is 1130. The van der Waals surface area contributed by atoms with E-state index < -0.39 is 0 Å². The number of aromatic nitrogens is 2. The van der Waals surface area contributed by atoms with Gasteiger partial charge in [0.15, 0.2) is 5.82 Å². The van der Waals surface area contributed by atoms with Crippen LogP contribution in [-0.4, -0.2) is 54.7 Å². The molecule has 0 saturated carbocycles. The number of nitrogens with one attached hydrogen (secondary N) is 1. The molecule has 1 aromatic heterocycles. The van der Waals surface area contributed by atoms with E-state index in [0.717, 1.165) is 60.0 Å². The number of benzene rings is 2. The number of anilines is 3. The fourth-order valence-corrected chi connectivity index (χ4v) is 5.23. The molecule has 2 saturated heterocycles. The van der Waals surface area contributed by atoms with Crippen LogP contribution in [0.3, 0.4) is 0 Å². The molecule has 5 rings (SSSR count). The molecule has 3 aromatic rings. The Kier molecular flexibility index (Phi) is 8.46. The van der Waals surface area contributed by atoms with Gasteiger partial charge in [-0.25, -0.2) is 0 Å². The molecule has 1 N–H and O–H groups in total. The normalized spacial score (nSPS) is 15.7. The van der Waals surface area contributed by atoms with Gasteiger partial charge in [0, 0.05) is 53.5 Å². The van der Waals surface area contributed by atoms with Crippen molar-refractivity contribution in [2.24, 2.45) is 5.10 Å². The van der Waals surface area contributed by atoms with Crippen LogP contribution in [0.5, 0.6) is 5.75 Å². The second kappa shape index (κ2) is 12.3. The number of hydrazone groups is 1. The number of thioether (sulfide) groups is 1. The molecule has 2 aromatic carbocycles. The maximum absolute atomic E-state index is 6.05. The van der Waals surface area contributed by atoms with E-state index in [4.69, 9.17) is 26.3 Å². The minimum absolute atomic E-state index is 0.593. The van der Waals surface area contributed by atoms with Gasteiger partial charge < -0.3 is 14.5 Å². The van der Waals surface area contributed by atoms with Crippen molar-refractivity contribution < 1.29 is 4.74 Å². The van der Waals surface area contributed by atoms with Crippen molar-refractivity contribution in [1.82, 2.24) is 9.97 Å². The molecule has 7 nitrogen and oxygen atoms in total. The second-order valence-electron chi connectivity index (χ2n) is 8.86. The number of hydrogen-bond acceptors (Lipinski definition) is 8. The van der Waals surface area contributed by atoms with Crippen LogP contribution >= 0.6 is 23.4 Å². The number of para-hydroxylation sites is 1. The van der Waals surface area contributed by atoms with Crippen LogP contribution in [0, 0.1) is 0 Å². The van der Waals surface area contributed by atoms with Crippen molar-refractivity contribution in [3.63, 3.8) is 0 Å². The van der Waals surface area contributed by atoms with Crippen molar-refractivity contribution in [2.75, 3.05) is 53.8 Å². The second-order valence-corrected chi connectivity index (χ2v) is 10.5. The van der Waals surface area contributed by atoms with Gasteiger partial charge in [-0.1, -0.05) is 23.7 Å². The molecule has 36 heavy (non-hydrogen) atoms. The lowest BCUT2D eigenvalue weighted by Gasteiger charge is -2.21. The van der Waals surface area contributed by atoms with Crippen molar-refractivity contribution in [3.05, 3.63) is 65.2 Å². The van der Waals surface area contributed by atoms with Gasteiger partial charge in [-0.05, 0) is 62.1 Å². The van der Waals surface area contributed by atoms with Gasteiger partial charge in [0.1, 0.15) is 11.6 Å². The molecule has 2 aliphatic rings. The summed E-state index contributed by atoms with van der Waals surface area (Å²) in [5, 5.41) is 5.24. The van der Waals surface area contributed by atoms with E-state index in [9.17, 15) is 0 Å². The molecule has 3 heterocycles. The van der Waals surface area contributed by atoms with Crippen LogP contribution in [0.25, 0.3) is 0 Å². The lowest BCUT2D eigenvalue weighted by Crippen LogP contribution is -2.24. The van der Waals surface area contributed by atoms with Crippen LogP contribution in [0.2, 0.25) is 5.02 Å². The van der Waals surface area contributed by atoms with E-state index >= 15 is 0 Å². The molecule has 0 radical (unpaired) electrons. The quantitative estimate of drug-likeness (QED) is 0.153. The van der Waals surface area contributed by atoms with E-state index in [1.807, 2.05) is 54.6 Å². The van der Waals surface area contributed by atoms with Crippen LogP contribution in [0.4, 0.5) is 17.6 Å². The highest BCUT2D eigenvalue weighted by Crippen LogP contribution is 2.26. The summed E-state index contributed by atoms with van der Waals surface area (Å²) < 4.78 is 6.05. The summed E-state index contributed by atoms with van der Waals surface area (Å²) in [4.78, 5) is 15.4. The average Bonchev–Trinajstić information content (AvgIpc) is 3.64. The highest BCUT2D eigenvalue weighted by atomic mass is 35.5. The van der Waals surface area contributed by atoms with Crippen molar-refractivity contribution in [1.29, 1.82) is 0 Å². The van der Waals surface area contributed by atoms with Crippen molar-refractivity contribution in [3.8, 4) is 5.75 Å². The molecule has 0 bridgehead atoms. The third kappa shape index (κ3) is 6.62. The minimum atomic E-state index is 0.593. The Morgan fingerprint density at radius 3 is 2.44 bits per heavy atom. The fourth-order valence-electron chi connectivity index (χ4n) is 4.37. The van der Waals surface area contributed by atoms with Gasteiger partial charge in [0.25, 0.3) is 0 Å². The largest absolute Gasteiger partial charge is 0.492 e. The molecular formula is C27H31ClN6OS. The molecular weight excluding hydrogens is 492 g/mol. The smallest absolute Gasteiger partial charge is 0.229 e. The van der Waals surface area contributed by atoms with Crippen molar-refractivity contribution in [2.45, 2.75) is 30.6 Å². The molecule has 2 aliphatic heterocycles. The first-order chi connectivity index (χ1) is 17.7. The van der Waals surface area contributed by atoms with Crippen molar-refractivity contribution >= 4 is 47.2 Å². The predicted octanol–water partition coefficient (Wildman–Crippen LogP) is 5.95. The Morgan fingerprint density at radius 1 is 0.944 bits per heavy atom. The van der Waals surface area contributed by atoms with Gasteiger partial charge in [0.2, 0.25) is 5.95 Å². The Balaban J connectivity index is 1.22. The predicted molar refractivity (Wildman–Crippen MR) is 150 cm³/mol. The first-order valence-electron chi connectivity index (χ1n) is 12.5. The molecule has 0 spiro atoms. The third-order valence-electron chi connectivity index (χ3n) is 6.24. The summed E-state index contributed by atoms with van der Waals surface area (Å²) in [5.41, 5.74) is 4.05. The average molecular weight is 523 g/mol. The standard InChI is InChI=1S/C27H31ClN6OS/c28-22-9-11-23(12-10-22)36-18-17-35-24-8-2-1-7-21(24)20-29-32-25-19-26(33-13-3-4-14-33)31-27(30-25)34-15-5-6-16-34/h1-2,7-12,19-20H,3-6,13-18H2,(H,30,31,32). The zero-order chi connectivity index (χ0) is 24.6. The van der Waals surface area contributed by atoms with Gasteiger partial charge in [-0.3, -0.25) is 5.43 Å². The first-order valence-corrected chi connectivity index (χ1v) is 13.9. The molecule has 0 amide bonds. The molecule has 2 fully saturated rings. The monoisotopic (exact) mass is 522 g/mol. The van der Waals surface area contributed by atoms with Gasteiger partial charge >= 0.3 is 0 Å². The molecule has 0 atom stereocenters. The zero-order valence-electron chi connectivity index (χ0n) is 20.3. The number of rotatable bonds is 10. The van der Waals surface area contributed by atoms with E-state index in [2.05, 4.69) is 20.3 Å². The number of halogens is 1. The van der Waals surface area contributed by atoms with E-state index in [1.165, 1.54) is 30.6 Å². The summed E-state index contributed by atoms with van der Waals surface area (Å²) in [7, 11) is 0. The lowest BCUT2D eigenvalue weighted by atomic mass is 10.2. The minimum Gasteiger partial charge on any atom is -0.492 e. The highest BCUT2D eigenvalue weighted by Gasteiger charge is 2.20. The summed E-state index contributed by atoms with van der Waals surface area (Å²) >= 11 is 7.70. The maximum Gasteiger partial charge on any atom is 0.229 e. The molecule has 0 unspecified atom stereocenters. The topological polar surface area (TPSA) is 65.9 Å². The van der Waals surface area contributed by atoms with Crippen LogP contribution in [0.1, 0.15) is 31.2 Å². The van der Waals surface area contributed by atoms with Gasteiger partial charge in [0.05, 0.1) is 12.8 Å². The van der Waals surface area contributed by atoms with E-state index in [1.54, 1.807) is 18.0 Å². The fraction of sp³-hybridized carbons (Fsp3) is 0.370. The van der Waals surface area contributed by atoms with Crippen LogP contribution in [-0.2, 0) is 0 Å². The lowest BCUT2D eigenvalue weighted by molar-refractivity contribution is 0.343. The van der Waals surface area contributed by atoms with E-state index in [0.29, 0.717) is 12.4 Å². The number of nitrogens with zero attached hydrogens (tertiary/aromatic N) is 5. The van der Waals surface area contributed by atoms with Crippen LogP contribution < -0.4 is 20.0 Å². The Hall–Kier alpha value is -2.97. The first kappa shape index (κ1) is 24.7. The Morgan fingerprint density at radius 2 is 1.67 bits per heavy atom. The number of hydrogen-bond donors (Lipinski definition) is 1. The third-order valence-corrected chi connectivity index (χ3v) is 7.47. The molecule has 9 heteroatoms. The molecule has 188 valence electrons. The van der Waals surface area contributed by atoms with Gasteiger partial charge in [-0.2, -0.15) is 15.1 Å². The Labute approximate surface area is 221 Å².